The number of unbranched alkanes of at least 4 members (excludes halogenated alkanes) is 15. The third-order valence-electron chi connectivity index (χ3n) is 36.5. The molecule has 8 rings (SSSR count). The summed E-state index contributed by atoms with van der Waals surface area (Å²) in [6.45, 7) is 146. The van der Waals surface area contributed by atoms with Gasteiger partial charge in [0, 0.05) is 6.54 Å². The van der Waals surface area contributed by atoms with E-state index < -0.39 is 0 Å². The minimum Gasteiger partial charge on any atom is -0.303 e. The molecule has 148 heavy (non-hydrogen) atoms. The Bertz CT molecular complexity index is 3100. The van der Waals surface area contributed by atoms with E-state index in [2.05, 4.69) is 372 Å². The second kappa shape index (κ2) is 69.5. The van der Waals surface area contributed by atoms with E-state index in [1.165, 1.54) is 440 Å². The average Bonchev–Trinajstić information content (AvgIpc) is 0.700. The summed E-state index contributed by atoms with van der Waals surface area (Å²) in [5, 5.41) is 0. The minimum atomic E-state index is 0.453. The van der Waals surface area contributed by atoms with Crippen molar-refractivity contribution in [1.29, 1.82) is 0 Å². The molecular weight excluding hydrogens is 1790 g/mol. The van der Waals surface area contributed by atoms with Crippen molar-refractivity contribution in [3.8, 4) is 0 Å². The summed E-state index contributed by atoms with van der Waals surface area (Å²) in [5.74, 6) is 7.46. The predicted octanol–water partition coefficient (Wildman–Crippen LogP) is 41.2. The Morgan fingerprint density at radius 3 is 0.385 bits per heavy atom. The quantitative estimate of drug-likeness (QED) is 0.0573. The molecule has 8 heterocycles. The van der Waals surface area contributed by atoms with Crippen LogP contribution in [-0.4, -0.2) is 196 Å². The maximum absolute atomic E-state index is 2.71. The van der Waals surface area contributed by atoms with Crippen LogP contribution in [0.15, 0.2) is 0 Å². The highest BCUT2D eigenvalue weighted by molar-refractivity contribution is 4.90. The number of piperidine rings is 8. The van der Waals surface area contributed by atoms with Gasteiger partial charge in [0.15, 0.2) is 0 Å². The highest BCUT2D eigenvalue weighted by atomic mass is 15.2. The molecule has 0 N–H and O–H groups in total. The molecule has 0 bridgehead atoms. The molecule has 8 aliphatic heterocycles. The Hall–Kier alpha value is -0.320. The molecule has 8 saturated heterocycles. The Labute approximate surface area is 939 Å². The summed E-state index contributed by atoms with van der Waals surface area (Å²) in [6.07, 6.45) is 61.8. The van der Waals surface area contributed by atoms with E-state index in [0.717, 1.165) is 47.3 Å². The largest absolute Gasteiger partial charge is 0.303 e. The Balaban J connectivity index is 0.000000848. The summed E-state index contributed by atoms with van der Waals surface area (Å²) in [5.41, 5.74) is 8.14. The molecule has 0 aromatic rings. The highest BCUT2D eigenvalue weighted by Gasteiger charge is 2.38. The van der Waals surface area contributed by atoms with Gasteiger partial charge < -0.3 is 39.2 Å². The van der Waals surface area contributed by atoms with Crippen molar-refractivity contribution in [2.24, 2.45) is 134 Å². The molecule has 0 aliphatic carbocycles. The summed E-state index contributed by atoms with van der Waals surface area (Å²) >= 11 is 0. The summed E-state index contributed by atoms with van der Waals surface area (Å²) in [7, 11) is 0. The van der Waals surface area contributed by atoms with Crippen LogP contribution in [0.3, 0.4) is 0 Å². The molecular formula is C140H288N8. The van der Waals surface area contributed by atoms with E-state index in [4.69, 9.17) is 0 Å². The highest BCUT2D eigenvalue weighted by Crippen LogP contribution is 2.44. The van der Waals surface area contributed by atoms with Crippen LogP contribution in [0.2, 0.25) is 0 Å². The fraction of sp³-hybridized carbons (Fsp3) is 1.00. The van der Waals surface area contributed by atoms with Crippen molar-refractivity contribution in [3.63, 3.8) is 0 Å². The van der Waals surface area contributed by atoms with Gasteiger partial charge in [-0.25, -0.2) is 0 Å². The van der Waals surface area contributed by atoms with Crippen LogP contribution in [-0.2, 0) is 0 Å². The van der Waals surface area contributed by atoms with Crippen molar-refractivity contribution < 1.29 is 0 Å². The van der Waals surface area contributed by atoms with Crippen LogP contribution < -0.4 is 0 Å². The van der Waals surface area contributed by atoms with Crippen LogP contribution in [0.5, 0.6) is 0 Å². The van der Waals surface area contributed by atoms with E-state index in [-0.39, 0.29) is 0 Å². The second-order valence-electron chi connectivity index (χ2n) is 69.4. The molecule has 0 aromatic heterocycles. The smallest absolute Gasteiger partial charge is 0.00300 e. The molecule has 888 valence electrons. The average molecular weight is 2080 g/mol. The van der Waals surface area contributed by atoms with Crippen molar-refractivity contribution in [3.05, 3.63) is 0 Å². The van der Waals surface area contributed by atoms with Gasteiger partial charge in [0.1, 0.15) is 0 Å². The molecule has 0 spiro atoms. The van der Waals surface area contributed by atoms with Crippen molar-refractivity contribution in [1.82, 2.24) is 39.2 Å². The zero-order valence-corrected chi connectivity index (χ0v) is 112. The van der Waals surface area contributed by atoms with E-state index in [1.807, 2.05) is 0 Å². The zero-order valence-electron chi connectivity index (χ0n) is 112. The Morgan fingerprint density at radius 2 is 0.230 bits per heavy atom. The Morgan fingerprint density at radius 1 is 0.115 bits per heavy atom. The number of rotatable bonds is 36. The van der Waals surface area contributed by atoms with Crippen molar-refractivity contribution in [2.45, 2.75) is 615 Å². The Kier molecular flexibility index (Phi) is 68.4. The molecule has 0 atom stereocenters. The van der Waals surface area contributed by atoms with Gasteiger partial charge in [-0.2, -0.15) is 0 Å². The summed E-state index contributed by atoms with van der Waals surface area (Å²) < 4.78 is 0. The van der Waals surface area contributed by atoms with Crippen LogP contribution in [0.4, 0.5) is 0 Å². The molecule has 8 heteroatoms. The van der Waals surface area contributed by atoms with Gasteiger partial charge >= 0.3 is 0 Å². The van der Waals surface area contributed by atoms with E-state index in [9.17, 15) is 0 Å². The van der Waals surface area contributed by atoms with Gasteiger partial charge in [-0.1, -0.05) is 429 Å². The lowest BCUT2D eigenvalue weighted by atomic mass is 9.75. The normalized spacial score (nSPS) is 20.1. The fourth-order valence-electron chi connectivity index (χ4n) is 24.8. The zero-order chi connectivity index (χ0) is 113. The molecule has 8 aliphatic rings. The first-order valence-electron chi connectivity index (χ1n) is 65.3. The SMILES string of the molecule is CC(C)(C)CCCCCCCCN1CCC(C(C)(C)C)CC1.CC(C)(C)CCCCCCCN1CCC(C(C)(C)C)CC1.CC(C)(C)CCCCCCN1CCC(C(C)(C)C)CC1.CC(C)(C)CCCCCN1CCC(C(C)(C)C)CC1.CC(C)(C)CCCCN1CCC(C(C)(C)C)CC1.CC(C)(C)CCCN1CCC(C(C)(C)C)CC1.CC(C)(C)CCN1CCC(C(C)(C)C)CC1.CC(C)(C)CN1CCC(C(C)(C)C)CC1. The summed E-state index contributed by atoms with van der Waals surface area (Å²) in [6, 6.07) is 0. The van der Waals surface area contributed by atoms with E-state index >= 15 is 0 Å². The first-order chi connectivity index (χ1) is 67.5. The molecule has 8 nitrogen and oxygen atoms in total. The summed E-state index contributed by atoms with van der Waals surface area (Å²) in [4.78, 5) is 21.5. The van der Waals surface area contributed by atoms with Gasteiger partial charge in [0.05, 0.1) is 0 Å². The molecule has 0 radical (unpaired) electrons. The molecule has 0 amide bonds. The number of likely N-dealkylation sites (tertiary alicyclic amines) is 8. The van der Waals surface area contributed by atoms with E-state index in [0.29, 0.717) is 86.6 Å². The lowest BCUT2D eigenvalue weighted by Gasteiger charge is -2.40. The number of nitrogens with zero attached hydrogens (tertiary/aromatic N) is 8. The third-order valence-corrected chi connectivity index (χ3v) is 36.5. The van der Waals surface area contributed by atoms with Gasteiger partial charge in [-0.15, -0.1) is 0 Å². The lowest BCUT2D eigenvalue weighted by molar-refractivity contribution is 0.0890. The first kappa shape index (κ1) is 146. The molecule has 0 unspecified atom stereocenters. The minimum absolute atomic E-state index is 0.453. The first-order valence-corrected chi connectivity index (χ1v) is 65.3. The third kappa shape index (κ3) is 79.6. The number of hydrogen-bond acceptors (Lipinski definition) is 8. The van der Waals surface area contributed by atoms with Gasteiger partial charge in [0.2, 0.25) is 0 Å². The maximum Gasteiger partial charge on any atom is 0.00300 e. The molecule has 8 fully saturated rings. The lowest BCUT2D eigenvalue weighted by Crippen LogP contribution is -2.41. The molecule has 0 aromatic carbocycles. The van der Waals surface area contributed by atoms with Crippen LogP contribution >= 0.6 is 0 Å². The predicted molar refractivity (Wildman–Crippen MR) is 674 cm³/mol. The van der Waals surface area contributed by atoms with Crippen LogP contribution in [0, 0.1) is 134 Å². The van der Waals surface area contributed by atoms with Gasteiger partial charge in [-0.05, 0) is 471 Å². The molecule has 0 saturated carbocycles. The number of hydrogen-bond donors (Lipinski definition) is 0. The van der Waals surface area contributed by atoms with Gasteiger partial charge in [0.25, 0.3) is 0 Å². The van der Waals surface area contributed by atoms with Gasteiger partial charge in [-0.3, -0.25) is 0 Å². The van der Waals surface area contributed by atoms with Crippen LogP contribution in [0.1, 0.15) is 615 Å². The van der Waals surface area contributed by atoms with E-state index in [1.54, 1.807) is 0 Å². The fourth-order valence-corrected chi connectivity index (χ4v) is 24.8. The van der Waals surface area contributed by atoms with Crippen LogP contribution in [0.25, 0.3) is 0 Å². The maximum atomic E-state index is 2.71. The second-order valence-corrected chi connectivity index (χ2v) is 69.4. The van der Waals surface area contributed by atoms with Crippen molar-refractivity contribution in [2.75, 3.05) is 157 Å². The van der Waals surface area contributed by atoms with Crippen molar-refractivity contribution >= 4 is 0 Å². The topological polar surface area (TPSA) is 25.9 Å². The monoisotopic (exact) mass is 2080 g/mol. The standard InChI is InChI=1S/C21H43N.C20H41N.C19H39N.C18H37N.C17H35N.C16H33N.C15H31N.C14H29N/c1-20(2,3)15-11-9-7-8-10-12-16-22-17-13-19(14-18-22)21(4,5)6;1-19(2,3)14-10-8-7-9-11-15-21-16-12-18(13-17-21)20(4,5)6;1-18(2,3)13-9-7-8-10-14-20-15-11-17(12-16-20)19(4,5)6;1-17(2,3)12-8-7-9-13-19-14-10-16(11-15-19)18(4,5)6;1-16(2,3)11-7-8-12-18-13-9-15(10-14-18)17(4,5)6;1-15(2,3)10-7-11-17-12-8-14(9-13-17)16(4,5)6;1-14(2,3)9-12-16-10-7-13(8-11-16)15(4,5)6;1-13(2,3)11-15-9-7-12(8-10-15)14(4,5)6/h19H,7-18H2,1-6H3;18H,7-17H2,1-6H3;17H,7-16H2,1-6H3;16H,7-15H2,1-6H3;15H,7-14H2,1-6H3;14H,7-13H2,1-6H3;13H,7-12H2,1-6H3;12H,7-11H2,1-6H3.